The molecule has 2 N–H and O–H groups in total. The lowest BCUT2D eigenvalue weighted by molar-refractivity contribution is -0.132. The SMILES string of the molecule is O=C(CCN1C(=O)NC2(CCCc3sccc32)C1=O)Nc1cccc(Cl)c1. The van der Waals surface area contributed by atoms with E-state index in [-0.39, 0.29) is 24.8 Å². The predicted molar refractivity (Wildman–Crippen MR) is 104 cm³/mol. The van der Waals surface area contributed by atoms with Crippen LogP contribution in [-0.2, 0) is 21.5 Å². The number of hydrogen-bond donors (Lipinski definition) is 2. The van der Waals surface area contributed by atoms with Crippen molar-refractivity contribution in [1.82, 2.24) is 10.2 Å². The van der Waals surface area contributed by atoms with Gasteiger partial charge in [-0.3, -0.25) is 14.5 Å². The Hall–Kier alpha value is -2.38. The number of amides is 4. The number of aryl methyl sites for hydroxylation is 1. The second-order valence-corrected chi connectivity index (χ2v) is 8.15. The smallest absolute Gasteiger partial charge is 0.325 e. The van der Waals surface area contributed by atoms with Crippen LogP contribution < -0.4 is 10.6 Å². The summed E-state index contributed by atoms with van der Waals surface area (Å²) in [5, 5.41) is 8.09. The number of benzene rings is 1. The molecule has 2 aromatic rings. The number of nitrogens with one attached hydrogen (secondary N) is 2. The maximum absolute atomic E-state index is 13.1. The van der Waals surface area contributed by atoms with Gasteiger partial charge >= 0.3 is 6.03 Å². The van der Waals surface area contributed by atoms with Crippen molar-refractivity contribution in [1.29, 1.82) is 0 Å². The molecule has 0 bridgehead atoms. The Morgan fingerprint density at radius 2 is 2.19 bits per heavy atom. The molecular formula is C19H18ClN3O3S. The van der Waals surface area contributed by atoms with Gasteiger partial charge in [0.25, 0.3) is 5.91 Å². The zero-order valence-corrected chi connectivity index (χ0v) is 16.0. The Morgan fingerprint density at radius 1 is 1.33 bits per heavy atom. The van der Waals surface area contributed by atoms with Crippen LogP contribution in [0.3, 0.4) is 0 Å². The first kappa shape index (κ1) is 18.0. The zero-order valence-electron chi connectivity index (χ0n) is 14.5. The van der Waals surface area contributed by atoms with E-state index in [0.29, 0.717) is 17.1 Å². The van der Waals surface area contributed by atoms with Crippen molar-refractivity contribution < 1.29 is 14.4 Å². The lowest BCUT2D eigenvalue weighted by Crippen LogP contribution is -2.46. The highest BCUT2D eigenvalue weighted by Gasteiger charge is 2.54. The molecule has 4 amide bonds. The number of urea groups is 1. The van der Waals surface area contributed by atoms with Crippen molar-refractivity contribution in [2.75, 3.05) is 11.9 Å². The van der Waals surface area contributed by atoms with Gasteiger partial charge in [0, 0.05) is 34.1 Å². The van der Waals surface area contributed by atoms with Crippen LogP contribution in [-0.4, -0.2) is 29.3 Å². The van der Waals surface area contributed by atoms with Gasteiger partial charge < -0.3 is 10.6 Å². The van der Waals surface area contributed by atoms with Crippen molar-refractivity contribution in [3.05, 3.63) is 51.2 Å². The summed E-state index contributed by atoms with van der Waals surface area (Å²) >= 11 is 7.52. The van der Waals surface area contributed by atoms with E-state index in [9.17, 15) is 14.4 Å². The lowest BCUT2D eigenvalue weighted by atomic mass is 9.80. The minimum absolute atomic E-state index is 0.0260. The summed E-state index contributed by atoms with van der Waals surface area (Å²) in [7, 11) is 0. The van der Waals surface area contributed by atoms with Gasteiger partial charge in [-0.1, -0.05) is 17.7 Å². The van der Waals surface area contributed by atoms with E-state index >= 15 is 0 Å². The van der Waals surface area contributed by atoms with Crippen LogP contribution >= 0.6 is 22.9 Å². The molecule has 1 atom stereocenters. The average Bonchev–Trinajstić information content (AvgIpc) is 3.19. The molecule has 2 heterocycles. The summed E-state index contributed by atoms with van der Waals surface area (Å²) in [6.45, 7) is 0.0400. The van der Waals surface area contributed by atoms with E-state index in [2.05, 4.69) is 10.6 Å². The van der Waals surface area contributed by atoms with E-state index in [1.54, 1.807) is 35.6 Å². The summed E-state index contributed by atoms with van der Waals surface area (Å²) in [5.41, 5.74) is 0.521. The number of fused-ring (bicyclic) bond motifs is 2. The van der Waals surface area contributed by atoms with Crippen molar-refractivity contribution in [2.24, 2.45) is 0 Å². The summed E-state index contributed by atoms with van der Waals surface area (Å²) in [4.78, 5) is 40.0. The molecule has 0 radical (unpaired) electrons. The number of halogens is 1. The molecular weight excluding hydrogens is 386 g/mol. The van der Waals surface area contributed by atoms with Gasteiger partial charge in [0.05, 0.1) is 0 Å². The van der Waals surface area contributed by atoms with Gasteiger partial charge in [0.15, 0.2) is 0 Å². The molecule has 2 aliphatic rings. The Balaban J connectivity index is 1.44. The Labute approximate surface area is 165 Å². The number of hydrogen-bond acceptors (Lipinski definition) is 4. The highest BCUT2D eigenvalue weighted by atomic mass is 35.5. The number of anilines is 1. The molecule has 140 valence electrons. The van der Waals surface area contributed by atoms with E-state index in [4.69, 9.17) is 11.6 Å². The highest BCUT2D eigenvalue weighted by Crippen LogP contribution is 2.42. The van der Waals surface area contributed by atoms with Gasteiger partial charge in [-0.15, -0.1) is 11.3 Å². The van der Waals surface area contributed by atoms with Crippen LogP contribution in [0.5, 0.6) is 0 Å². The van der Waals surface area contributed by atoms with Crippen LogP contribution in [0.4, 0.5) is 10.5 Å². The number of carbonyl (C=O) groups excluding carboxylic acids is 3. The third kappa shape index (κ3) is 3.21. The monoisotopic (exact) mass is 403 g/mol. The molecule has 1 aromatic heterocycles. The normalized spacial score (nSPS) is 21.3. The molecule has 1 aliphatic heterocycles. The average molecular weight is 404 g/mol. The van der Waals surface area contributed by atoms with Crippen LogP contribution in [0.1, 0.15) is 29.7 Å². The van der Waals surface area contributed by atoms with Crippen LogP contribution in [0, 0.1) is 0 Å². The molecule has 1 unspecified atom stereocenters. The van der Waals surface area contributed by atoms with Crippen LogP contribution in [0.15, 0.2) is 35.7 Å². The third-order valence-electron chi connectivity index (χ3n) is 5.01. The number of rotatable bonds is 4. The fourth-order valence-corrected chi connectivity index (χ4v) is 4.94. The Morgan fingerprint density at radius 3 is 3.00 bits per heavy atom. The van der Waals surface area contributed by atoms with Crippen molar-refractivity contribution in [3.63, 3.8) is 0 Å². The summed E-state index contributed by atoms with van der Waals surface area (Å²) in [6.07, 6.45) is 2.40. The minimum atomic E-state index is -0.964. The molecule has 27 heavy (non-hydrogen) atoms. The van der Waals surface area contributed by atoms with Gasteiger partial charge in [-0.05, 0) is 48.9 Å². The molecule has 1 fully saturated rings. The van der Waals surface area contributed by atoms with E-state index in [0.717, 1.165) is 28.2 Å². The van der Waals surface area contributed by atoms with Crippen molar-refractivity contribution in [2.45, 2.75) is 31.2 Å². The highest BCUT2D eigenvalue weighted by molar-refractivity contribution is 7.10. The molecule has 6 nitrogen and oxygen atoms in total. The largest absolute Gasteiger partial charge is 0.326 e. The number of carbonyl (C=O) groups is 3. The maximum Gasteiger partial charge on any atom is 0.325 e. The van der Waals surface area contributed by atoms with Gasteiger partial charge in [-0.2, -0.15) is 0 Å². The topological polar surface area (TPSA) is 78.5 Å². The number of thiophene rings is 1. The van der Waals surface area contributed by atoms with E-state index < -0.39 is 11.6 Å². The minimum Gasteiger partial charge on any atom is -0.326 e. The number of imide groups is 1. The second-order valence-electron chi connectivity index (χ2n) is 6.71. The Bertz CT molecular complexity index is 928. The molecule has 1 spiro atoms. The first-order valence-corrected chi connectivity index (χ1v) is 10.0. The molecule has 1 saturated heterocycles. The summed E-state index contributed by atoms with van der Waals surface area (Å²) < 4.78 is 0. The fourth-order valence-electron chi connectivity index (χ4n) is 3.75. The quantitative estimate of drug-likeness (QED) is 0.767. The second kappa shape index (κ2) is 6.98. The third-order valence-corrected chi connectivity index (χ3v) is 6.22. The van der Waals surface area contributed by atoms with Crippen molar-refractivity contribution >= 4 is 46.5 Å². The predicted octanol–water partition coefficient (Wildman–Crippen LogP) is 3.51. The fraction of sp³-hybridized carbons (Fsp3) is 0.316. The van der Waals surface area contributed by atoms with Gasteiger partial charge in [-0.25, -0.2) is 4.79 Å². The molecule has 0 saturated carbocycles. The summed E-state index contributed by atoms with van der Waals surface area (Å²) in [6, 6.07) is 8.31. The first-order valence-electron chi connectivity index (χ1n) is 8.76. The van der Waals surface area contributed by atoms with Gasteiger partial charge in [0.1, 0.15) is 5.54 Å². The molecule has 4 rings (SSSR count). The zero-order chi connectivity index (χ0) is 19.0. The van der Waals surface area contributed by atoms with Crippen LogP contribution in [0.25, 0.3) is 0 Å². The maximum atomic E-state index is 13.1. The van der Waals surface area contributed by atoms with Gasteiger partial charge in [0.2, 0.25) is 5.91 Å². The van der Waals surface area contributed by atoms with E-state index in [1.165, 1.54) is 0 Å². The summed E-state index contributed by atoms with van der Waals surface area (Å²) in [5.74, 6) is -0.541. The lowest BCUT2D eigenvalue weighted by Gasteiger charge is -2.31. The first-order chi connectivity index (χ1) is 13.0. The number of nitrogens with zero attached hydrogens (tertiary/aromatic N) is 1. The molecule has 1 aromatic carbocycles. The van der Waals surface area contributed by atoms with Crippen molar-refractivity contribution in [3.8, 4) is 0 Å². The standard InChI is InChI=1S/C19H18ClN3O3S/c20-12-3-1-4-13(11-12)21-16(24)6-9-23-17(25)19(22-18(23)26)8-2-5-15-14(19)7-10-27-15/h1,3-4,7,10-11H,2,5-6,8-9H2,(H,21,24)(H,22,26). The molecule has 8 heteroatoms. The van der Waals surface area contributed by atoms with E-state index in [1.807, 2.05) is 11.4 Å². The molecule has 1 aliphatic carbocycles. The van der Waals surface area contributed by atoms with Crippen LogP contribution in [0.2, 0.25) is 5.02 Å². The Kier molecular flexibility index (Phi) is 4.65.